The van der Waals surface area contributed by atoms with Crippen LogP contribution in [-0.2, 0) is 4.79 Å². The second-order valence-corrected chi connectivity index (χ2v) is 8.75. The van der Waals surface area contributed by atoms with Crippen LogP contribution in [0.3, 0.4) is 0 Å². The van der Waals surface area contributed by atoms with Gasteiger partial charge < -0.3 is 19.3 Å². The van der Waals surface area contributed by atoms with Gasteiger partial charge in [0, 0.05) is 11.3 Å². The molecule has 0 spiro atoms. The number of phenolic OH excluding ortho intramolecular Hbond substituents is 1. The third kappa shape index (κ3) is 6.43. The summed E-state index contributed by atoms with van der Waals surface area (Å²) < 4.78 is 17.8. The Kier molecular flexibility index (Phi) is 8.83. The number of phenols is 1. The minimum Gasteiger partial charge on any atom is -0.504 e. The molecule has 1 aromatic heterocycles. The van der Waals surface area contributed by atoms with Gasteiger partial charge >= 0.3 is 0 Å². The Labute approximate surface area is 224 Å². The number of nitrogens with one attached hydrogen (secondary N) is 1. The van der Waals surface area contributed by atoms with Crippen molar-refractivity contribution in [1.29, 1.82) is 0 Å². The Morgan fingerprint density at radius 2 is 1.71 bits per heavy atom. The molecule has 1 heterocycles. The second-order valence-electron chi connectivity index (χ2n) is 7.81. The van der Waals surface area contributed by atoms with Crippen LogP contribution in [-0.4, -0.2) is 58.6 Å². The number of hydrogen-bond acceptors (Lipinski definition) is 9. The Hall–Kier alpha value is -4.51. The number of rotatable bonds is 11. The highest BCUT2D eigenvalue weighted by Crippen LogP contribution is 2.30. The van der Waals surface area contributed by atoms with Crippen LogP contribution in [0.4, 0.5) is 0 Å². The maximum atomic E-state index is 12.5. The molecule has 1 amide bonds. The maximum absolute atomic E-state index is 12.5. The van der Waals surface area contributed by atoms with Crippen LogP contribution < -0.4 is 19.6 Å². The Morgan fingerprint density at radius 1 is 1.03 bits per heavy atom. The van der Waals surface area contributed by atoms with Crippen LogP contribution in [0.15, 0.2) is 77.0 Å². The van der Waals surface area contributed by atoms with Gasteiger partial charge in [-0.05, 0) is 79.2 Å². The summed E-state index contributed by atoms with van der Waals surface area (Å²) in [6.45, 7) is 2.25. The number of amides is 1. The predicted octanol–water partition coefficient (Wildman–Crippen LogP) is 4.30. The zero-order chi connectivity index (χ0) is 26.9. The number of aromatic nitrogens is 3. The topological polar surface area (TPSA) is 120 Å². The molecular formula is C27H27N5O5S. The van der Waals surface area contributed by atoms with Crippen LogP contribution in [0, 0.1) is 0 Å². The summed E-state index contributed by atoms with van der Waals surface area (Å²) in [7, 11) is 3.22. The fraction of sp³-hybridized carbons (Fsp3) is 0.185. The van der Waals surface area contributed by atoms with Crippen molar-refractivity contribution in [2.75, 3.05) is 26.6 Å². The standard InChI is InChI=1S/C27H27N5O5S/c1-4-37-24-15-18(5-14-23(24)33)16-28-29-25(34)17-38-27-31-30-26(19-6-10-21(35-2)11-7-19)32(27)20-8-12-22(36-3)13-9-20/h5-16,33H,4,17H2,1-3H3,(H,29,34)/b28-16+. The van der Waals surface area contributed by atoms with Crippen molar-refractivity contribution in [2.24, 2.45) is 5.10 Å². The molecule has 0 radical (unpaired) electrons. The van der Waals surface area contributed by atoms with E-state index in [0.29, 0.717) is 28.9 Å². The number of hydrazone groups is 1. The quantitative estimate of drug-likeness (QED) is 0.166. The van der Waals surface area contributed by atoms with E-state index in [9.17, 15) is 9.90 Å². The van der Waals surface area contributed by atoms with Gasteiger partial charge in [-0.15, -0.1) is 10.2 Å². The monoisotopic (exact) mass is 533 g/mol. The van der Waals surface area contributed by atoms with E-state index in [1.54, 1.807) is 26.4 Å². The first-order valence-corrected chi connectivity index (χ1v) is 12.7. The third-order valence-corrected chi connectivity index (χ3v) is 6.26. The fourth-order valence-electron chi connectivity index (χ4n) is 3.48. The fourth-order valence-corrected chi connectivity index (χ4v) is 4.22. The summed E-state index contributed by atoms with van der Waals surface area (Å²) in [5, 5.41) is 23.1. The molecule has 0 aliphatic carbocycles. The van der Waals surface area contributed by atoms with Crippen molar-refractivity contribution in [1.82, 2.24) is 20.2 Å². The van der Waals surface area contributed by atoms with Gasteiger partial charge in [0.05, 0.1) is 32.8 Å². The first-order chi connectivity index (χ1) is 18.5. The van der Waals surface area contributed by atoms with E-state index in [4.69, 9.17) is 14.2 Å². The predicted molar refractivity (Wildman–Crippen MR) is 146 cm³/mol. The molecule has 0 aliphatic heterocycles. The van der Waals surface area contributed by atoms with E-state index < -0.39 is 0 Å². The molecule has 11 heteroatoms. The summed E-state index contributed by atoms with van der Waals surface area (Å²) >= 11 is 1.23. The summed E-state index contributed by atoms with van der Waals surface area (Å²) in [5.41, 5.74) is 4.84. The largest absolute Gasteiger partial charge is 0.504 e. The highest BCUT2D eigenvalue weighted by atomic mass is 32.2. The Balaban J connectivity index is 1.49. The number of carbonyl (C=O) groups is 1. The summed E-state index contributed by atoms with van der Waals surface area (Å²) in [6, 6.07) is 19.8. The lowest BCUT2D eigenvalue weighted by atomic mass is 10.2. The van der Waals surface area contributed by atoms with Crippen LogP contribution in [0.2, 0.25) is 0 Å². The summed E-state index contributed by atoms with van der Waals surface area (Å²) in [5.74, 6) is 2.22. The van der Waals surface area contributed by atoms with E-state index >= 15 is 0 Å². The first-order valence-electron chi connectivity index (χ1n) is 11.7. The molecule has 0 bridgehead atoms. The van der Waals surface area contributed by atoms with Gasteiger partial charge in [0.1, 0.15) is 11.5 Å². The molecule has 4 aromatic rings. The molecule has 10 nitrogen and oxygen atoms in total. The van der Waals surface area contributed by atoms with Gasteiger partial charge in [-0.2, -0.15) is 5.10 Å². The smallest absolute Gasteiger partial charge is 0.250 e. The number of carbonyl (C=O) groups excluding carboxylic acids is 1. The average molecular weight is 534 g/mol. The van der Waals surface area contributed by atoms with E-state index in [1.165, 1.54) is 24.0 Å². The molecule has 38 heavy (non-hydrogen) atoms. The van der Waals surface area contributed by atoms with Gasteiger partial charge in [-0.1, -0.05) is 11.8 Å². The first kappa shape index (κ1) is 26.6. The van der Waals surface area contributed by atoms with Crippen LogP contribution >= 0.6 is 11.8 Å². The van der Waals surface area contributed by atoms with Crippen LogP contribution in [0.1, 0.15) is 12.5 Å². The van der Waals surface area contributed by atoms with Gasteiger partial charge in [0.25, 0.3) is 5.91 Å². The lowest BCUT2D eigenvalue weighted by molar-refractivity contribution is -0.118. The molecule has 0 aliphatic rings. The lowest BCUT2D eigenvalue weighted by Crippen LogP contribution is -2.20. The Bertz CT molecular complexity index is 1400. The highest BCUT2D eigenvalue weighted by Gasteiger charge is 2.17. The summed E-state index contributed by atoms with van der Waals surface area (Å²) in [6.07, 6.45) is 1.48. The molecule has 4 rings (SSSR count). The van der Waals surface area contributed by atoms with Gasteiger partial charge in [0.15, 0.2) is 22.5 Å². The number of benzene rings is 3. The number of thioether (sulfide) groups is 1. The molecular weight excluding hydrogens is 506 g/mol. The average Bonchev–Trinajstić information content (AvgIpc) is 3.37. The van der Waals surface area contributed by atoms with E-state index in [-0.39, 0.29) is 17.4 Å². The van der Waals surface area contributed by atoms with Crippen molar-refractivity contribution < 1.29 is 24.1 Å². The highest BCUT2D eigenvalue weighted by molar-refractivity contribution is 7.99. The number of methoxy groups -OCH3 is 2. The molecule has 0 fully saturated rings. The molecule has 2 N–H and O–H groups in total. The normalized spacial score (nSPS) is 10.9. The molecule has 0 atom stereocenters. The molecule has 3 aromatic carbocycles. The maximum Gasteiger partial charge on any atom is 0.250 e. The van der Waals surface area contributed by atoms with E-state index in [1.807, 2.05) is 60.0 Å². The van der Waals surface area contributed by atoms with Gasteiger partial charge in [-0.3, -0.25) is 9.36 Å². The zero-order valence-electron chi connectivity index (χ0n) is 21.1. The minimum atomic E-state index is -0.315. The van der Waals surface area contributed by atoms with Crippen molar-refractivity contribution in [3.8, 4) is 40.1 Å². The second kappa shape index (κ2) is 12.6. The van der Waals surface area contributed by atoms with Crippen molar-refractivity contribution in [3.05, 3.63) is 72.3 Å². The number of ether oxygens (including phenoxy) is 3. The SMILES string of the molecule is CCOc1cc(/C=N/NC(=O)CSc2nnc(-c3ccc(OC)cc3)n2-c2ccc(OC)cc2)ccc1O. The number of aromatic hydroxyl groups is 1. The third-order valence-electron chi connectivity index (χ3n) is 5.33. The van der Waals surface area contributed by atoms with Crippen molar-refractivity contribution in [2.45, 2.75) is 12.1 Å². The number of hydrogen-bond donors (Lipinski definition) is 2. The molecule has 0 unspecified atom stereocenters. The number of nitrogens with zero attached hydrogens (tertiary/aromatic N) is 4. The molecule has 196 valence electrons. The molecule has 0 saturated heterocycles. The summed E-state index contributed by atoms with van der Waals surface area (Å²) in [4.78, 5) is 12.5. The zero-order valence-corrected chi connectivity index (χ0v) is 21.9. The molecule has 0 saturated carbocycles. The van der Waals surface area contributed by atoms with Crippen LogP contribution in [0.25, 0.3) is 17.1 Å². The van der Waals surface area contributed by atoms with Crippen molar-refractivity contribution >= 4 is 23.9 Å². The minimum absolute atomic E-state index is 0.0411. The van der Waals surface area contributed by atoms with E-state index in [0.717, 1.165) is 22.7 Å². The van der Waals surface area contributed by atoms with Gasteiger partial charge in [-0.25, -0.2) is 5.43 Å². The van der Waals surface area contributed by atoms with Crippen molar-refractivity contribution in [3.63, 3.8) is 0 Å². The van der Waals surface area contributed by atoms with Gasteiger partial charge in [0.2, 0.25) is 0 Å². The Morgan fingerprint density at radius 3 is 2.37 bits per heavy atom. The van der Waals surface area contributed by atoms with Crippen LogP contribution in [0.5, 0.6) is 23.0 Å². The lowest BCUT2D eigenvalue weighted by Gasteiger charge is -2.11. The van der Waals surface area contributed by atoms with E-state index in [2.05, 4.69) is 20.7 Å².